The average molecular weight is 587 g/mol. The molecule has 1 fully saturated rings. The van der Waals surface area contributed by atoms with Crippen LogP contribution >= 0.6 is 30.5 Å². The molecule has 4 aromatic carbocycles. The van der Waals surface area contributed by atoms with Crippen molar-refractivity contribution in [1.82, 2.24) is 0 Å². The highest BCUT2D eigenvalue weighted by atomic mass is 32.6. The van der Waals surface area contributed by atoms with Crippen LogP contribution in [0, 0.1) is 0 Å². The molecule has 0 saturated carbocycles. The zero-order chi connectivity index (χ0) is 26.5. The molecule has 202 valence electrons. The van der Waals surface area contributed by atoms with Crippen LogP contribution in [0.25, 0.3) is 11.1 Å². The second kappa shape index (κ2) is 16.1. The monoisotopic (exact) mass is 586 g/mol. The van der Waals surface area contributed by atoms with Crippen molar-refractivity contribution in [2.45, 2.75) is 57.8 Å². The van der Waals surface area contributed by atoms with Crippen LogP contribution in [0.5, 0.6) is 0 Å². The summed E-state index contributed by atoms with van der Waals surface area (Å²) in [6.45, 7) is 0. The van der Waals surface area contributed by atoms with Gasteiger partial charge in [-0.15, -0.1) is 0 Å². The first-order valence-electron chi connectivity index (χ1n) is 14.8. The molecule has 0 bridgehead atoms. The van der Waals surface area contributed by atoms with E-state index in [4.69, 9.17) is 0 Å². The summed E-state index contributed by atoms with van der Waals surface area (Å²) in [5.74, 6) is 0. The highest BCUT2D eigenvalue weighted by Crippen LogP contribution is 2.90. The lowest BCUT2D eigenvalue weighted by Crippen LogP contribution is -2.10. The van der Waals surface area contributed by atoms with Gasteiger partial charge in [-0.25, -0.2) is 0 Å². The molecule has 4 unspecified atom stereocenters. The Morgan fingerprint density at radius 1 is 0.410 bits per heavy atom. The lowest BCUT2D eigenvalue weighted by molar-refractivity contribution is 0.574. The Morgan fingerprint density at radius 2 is 0.897 bits per heavy atom. The number of benzene rings is 4. The van der Waals surface area contributed by atoms with Crippen molar-refractivity contribution >= 4 is 46.4 Å². The van der Waals surface area contributed by atoms with Gasteiger partial charge in [0.05, 0.1) is 0 Å². The molecule has 0 amide bonds. The van der Waals surface area contributed by atoms with Crippen LogP contribution < -0.4 is 15.9 Å². The largest absolute Gasteiger partial charge is 0.0862 e. The third-order valence-corrected chi connectivity index (χ3v) is 28.7. The van der Waals surface area contributed by atoms with Crippen molar-refractivity contribution in [1.29, 1.82) is 0 Å². The first-order chi connectivity index (χ1) is 19.4. The summed E-state index contributed by atoms with van der Waals surface area (Å²) < 4.78 is 0. The maximum Gasteiger partial charge on any atom is -0.0117 e. The second-order valence-electron chi connectivity index (χ2n) is 10.4. The maximum atomic E-state index is 2.50. The molecule has 1 heterocycles. The Morgan fingerprint density at radius 3 is 1.51 bits per heavy atom. The average Bonchev–Trinajstić information content (AvgIpc) is 3.02. The Labute approximate surface area is 242 Å². The van der Waals surface area contributed by atoms with Gasteiger partial charge in [0.25, 0.3) is 0 Å². The second-order valence-corrected chi connectivity index (χ2v) is 24.6. The van der Waals surface area contributed by atoms with Gasteiger partial charge in [0.2, 0.25) is 0 Å². The molecule has 1 aliphatic heterocycles. The molecule has 4 aromatic rings. The molecule has 0 spiro atoms. The summed E-state index contributed by atoms with van der Waals surface area (Å²) >= 11 is 0. The van der Waals surface area contributed by atoms with E-state index in [1.165, 1.54) is 81.2 Å². The van der Waals surface area contributed by atoms with Gasteiger partial charge in [-0.1, -0.05) is 168 Å². The van der Waals surface area contributed by atoms with E-state index in [1.807, 2.05) is 0 Å². The highest BCUT2D eigenvalue weighted by Gasteiger charge is 2.32. The van der Waals surface area contributed by atoms with Gasteiger partial charge in [-0.05, 0) is 74.4 Å². The van der Waals surface area contributed by atoms with E-state index in [2.05, 4.69) is 115 Å². The van der Waals surface area contributed by atoms with Gasteiger partial charge < -0.3 is 0 Å². The number of hydrogen-bond acceptors (Lipinski definition) is 0. The summed E-state index contributed by atoms with van der Waals surface area (Å²) in [7, 11) is 0.299. The van der Waals surface area contributed by atoms with E-state index in [0.717, 1.165) is 8.27 Å². The van der Waals surface area contributed by atoms with Gasteiger partial charge in [0.1, 0.15) is 0 Å². The van der Waals surface area contributed by atoms with Gasteiger partial charge in [0, 0.05) is 0 Å². The van der Waals surface area contributed by atoms with Gasteiger partial charge in [0.15, 0.2) is 0 Å². The van der Waals surface area contributed by atoms with Gasteiger partial charge in [-0.3, -0.25) is 0 Å². The van der Waals surface area contributed by atoms with E-state index in [1.54, 1.807) is 15.9 Å². The molecule has 1 aliphatic rings. The Kier molecular flexibility index (Phi) is 12.0. The van der Waals surface area contributed by atoms with Crippen molar-refractivity contribution in [3.8, 4) is 11.1 Å². The van der Waals surface area contributed by atoms with Crippen molar-refractivity contribution in [3.63, 3.8) is 0 Å². The minimum absolute atomic E-state index is 0.215. The van der Waals surface area contributed by atoms with E-state index in [0.29, 0.717) is 0 Å². The third-order valence-electron chi connectivity index (χ3n) is 7.49. The van der Waals surface area contributed by atoms with E-state index in [-0.39, 0.29) is 22.2 Å². The Hall–Kier alpha value is -1.40. The SMILES string of the molecule is c1ccc(-c2ccc(P3CCCCCCCCCCCPP(c4ccccc4)P3c3ccccc3)cc2)cc1. The maximum absolute atomic E-state index is 2.50. The first kappa shape index (κ1) is 29.1. The molecule has 39 heavy (non-hydrogen) atoms. The molecule has 5 rings (SSSR count). The van der Waals surface area contributed by atoms with Gasteiger partial charge in [-0.2, -0.15) is 0 Å². The van der Waals surface area contributed by atoms with Crippen LogP contribution in [0.3, 0.4) is 0 Å². The van der Waals surface area contributed by atoms with E-state index in [9.17, 15) is 0 Å². The van der Waals surface area contributed by atoms with Crippen molar-refractivity contribution < 1.29 is 0 Å². The zero-order valence-corrected chi connectivity index (χ0v) is 26.8. The fourth-order valence-electron chi connectivity index (χ4n) is 5.36. The Balaban J connectivity index is 1.55. The number of hydrogen-bond donors (Lipinski definition) is 0. The first-order valence-corrected chi connectivity index (χ1v) is 22.4. The molecule has 0 aromatic heterocycles. The quantitative estimate of drug-likeness (QED) is 0.209. The molecule has 0 radical (unpaired) electrons. The number of rotatable bonds is 4. The molecule has 0 N–H and O–H groups in total. The lowest BCUT2D eigenvalue weighted by atomic mass is 10.1. The topological polar surface area (TPSA) is 0 Å². The summed E-state index contributed by atoms with van der Waals surface area (Å²) in [5.41, 5.74) is 2.65. The van der Waals surface area contributed by atoms with Gasteiger partial charge >= 0.3 is 0 Å². The summed E-state index contributed by atoms with van der Waals surface area (Å²) in [6.07, 6.45) is 15.5. The highest BCUT2D eigenvalue weighted by molar-refractivity contribution is 8.78. The fourth-order valence-corrected chi connectivity index (χ4v) is 30.8. The third kappa shape index (κ3) is 8.55. The Bertz CT molecular complexity index is 1210. The minimum atomic E-state index is -0.283. The van der Waals surface area contributed by atoms with Crippen LogP contribution in [0.2, 0.25) is 0 Å². The summed E-state index contributed by atoms with van der Waals surface area (Å²) in [5, 5.41) is 4.90. The molecule has 4 heteroatoms. The standard InChI is InChI=1S/C35H42P4/c1-2-4-6-17-29-36-38(34-21-13-9-14-22-34)39(35-23-15-10-16-24-35)37(30-18-7-5-3-1)33-27-25-32(26-28-33)31-19-11-8-12-20-31/h8-16,19-28,36H,1-7,17-18,29-30H2. The van der Waals surface area contributed by atoms with Crippen LogP contribution in [0.4, 0.5) is 0 Å². The van der Waals surface area contributed by atoms with Crippen LogP contribution in [-0.4, -0.2) is 12.3 Å². The van der Waals surface area contributed by atoms with Crippen molar-refractivity contribution in [2.24, 2.45) is 0 Å². The predicted molar refractivity (Wildman–Crippen MR) is 184 cm³/mol. The van der Waals surface area contributed by atoms with E-state index >= 15 is 0 Å². The molecule has 1 saturated heterocycles. The molecule has 4 atom stereocenters. The minimum Gasteiger partial charge on any atom is -0.0862 e. The molecule has 0 nitrogen and oxygen atoms in total. The van der Waals surface area contributed by atoms with E-state index < -0.39 is 0 Å². The molecular formula is C35H42P4. The smallest absolute Gasteiger partial charge is 0.0117 e. The zero-order valence-electron chi connectivity index (χ0n) is 23.1. The van der Waals surface area contributed by atoms with Crippen LogP contribution in [0.15, 0.2) is 115 Å². The normalized spacial score (nSPS) is 22.5. The fraction of sp³-hybridized carbons (Fsp3) is 0.314. The van der Waals surface area contributed by atoms with Crippen molar-refractivity contribution in [3.05, 3.63) is 115 Å². The van der Waals surface area contributed by atoms with Crippen LogP contribution in [0.1, 0.15) is 57.8 Å². The lowest BCUT2D eigenvalue weighted by Gasteiger charge is -2.36. The summed E-state index contributed by atoms with van der Waals surface area (Å²) in [4.78, 5) is 0. The summed E-state index contributed by atoms with van der Waals surface area (Å²) in [6, 6.07) is 44.1. The van der Waals surface area contributed by atoms with Crippen LogP contribution in [-0.2, 0) is 0 Å². The van der Waals surface area contributed by atoms with Crippen molar-refractivity contribution in [2.75, 3.05) is 12.3 Å². The predicted octanol–water partition coefficient (Wildman–Crippen LogP) is 11.0. The molecular weight excluding hydrogens is 544 g/mol. The molecule has 0 aliphatic carbocycles.